The highest BCUT2D eigenvalue weighted by Crippen LogP contribution is 2.15. The van der Waals surface area contributed by atoms with Gasteiger partial charge in [-0.25, -0.2) is 9.97 Å². The largest absolute Gasteiger partial charge is 0.398 e. The van der Waals surface area contributed by atoms with Crippen LogP contribution in [0.25, 0.3) is 16.7 Å². The predicted octanol–water partition coefficient (Wildman–Crippen LogP) is 3.85. The van der Waals surface area contributed by atoms with Crippen molar-refractivity contribution in [2.24, 2.45) is 10.1 Å². The van der Waals surface area contributed by atoms with Gasteiger partial charge in [-0.2, -0.15) is 4.40 Å². The Hall–Kier alpha value is -3.26. The second kappa shape index (κ2) is 8.41. The number of hydrogen-bond donors (Lipinski definition) is 2. The minimum Gasteiger partial charge on any atom is -0.398 e. The summed E-state index contributed by atoms with van der Waals surface area (Å²) in [4.78, 5) is 20.9. The van der Waals surface area contributed by atoms with Crippen molar-refractivity contribution in [3.63, 3.8) is 0 Å². The van der Waals surface area contributed by atoms with Crippen LogP contribution in [-0.2, 0) is 4.79 Å². The number of pyridine rings is 2. The molecule has 0 aliphatic heterocycles. The van der Waals surface area contributed by atoms with Crippen molar-refractivity contribution in [1.29, 1.82) is 0 Å². The third kappa shape index (κ3) is 4.68. The number of carbonyl (C=O) groups excluding carboxylic acids is 1. The fraction of sp³-hybridized carbons (Fsp3) is 0.0526. The quantitative estimate of drug-likeness (QED) is 0.517. The van der Waals surface area contributed by atoms with Gasteiger partial charge in [-0.1, -0.05) is 23.8 Å². The second-order valence-electron chi connectivity index (χ2n) is 5.72. The highest BCUT2D eigenvalue weighted by atomic mass is 32.2. The number of hydrogen-bond acceptors (Lipinski definition) is 6. The van der Waals surface area contributed by atoms with Gasteiger partial charge in [-0.15, -0.1) is 3.89 Å². The van der Waals surface area contributed by atoms with E-state index >= 15 is 0 Å². The van der Waals surface area contributed by atoms with Gasteiger partial charge in [0.2, 0.25) is 0 Å². The molecule has 1 aromatic carbocycles. The van der Waals surface area contributed by atoms with Crippen LogP contribution in [0, 0.1) is 6.92 Å². The highest BCUT2D eigenvalue weighted by Gasteiger charge is 2.13. The van der Waals surface area contributed by atoms with Crippen LogP contribution in [0.2, 0.25) is 0 Å². The Kier molecular flexibility index (Phi) is 5.77. The number of amides is 1. The number of aryl methyl sites for hydroxylation is 1. The van der Waals surface area contributed by atoms with E-state index in [0.29, 0.717) is 16.9 Å². The van der Waals surface area contributed by atoms with Crippen molar-refractivity contribution in [2.75, 3.05) is 5.32 Å². The van der Waals surface area contributed by atoms with Crippen LogP contribution in [0.5, 0.6) is 0 Å². The molecule has 0 atom stereocenters. The molecular formula is C19H16FN5OS. The van der Waals surface area contributed by atoms with Gasteiger partial charge in [0, 0.05) is 17.3 Å². The van der Waals surface area contributed by atoms with Crippen LogP contribution < -0.4 is 11.1 Å². The van der Waals surface area contributed by atoms with Crippen molar-refractivity contribution < 1.29 is 8.68 Å². The third-order valence-corrected chi connectivity index (χ3v) is 3.98. The number of benzene rings is 1. The average Bonchev–Trinajstić information content (AvgIpc) is 2.67. The van der Waals surface area contributed by atoms with Gasteiger partial charge < -0.3 is 11.1 Å². The maximum Gasteiger partial charge on any atom is 0.276 e. The van der Waals surface area contributed by atoms with Crippen LogP contribution in [0.15, 0.2) is 65.2 Å². The number of carbonyl (C=O) groups is 1. The third-order valence-electron chi connectivity index (χ3n) is 3.71. The molecule has 0 saturated heterocycles. The SMILES string of the molecule is Cc1cccc(/C(N)=C/C(=N/SF)C(=O)Nc2ccc3cccnc3n2)c1. The summed E-state index contributed by atoms with van der Waals surface area (Å²) >= 11 is -0.314. The first-order chi connectivity index (χ1) is 13.1. The number of nitrogens with zero attached hydrogens (tertiary/aromatic N) is 3. The minimum atomic E-state index is -0.626. The van der Waals surface area contributed by atoms with Crippen molar-refractivity contribution in [3.05, 3.63) is 71.9 Å². The molecule has 0 unspecified atom stereocenters. The molecule has 0 aliphatic rings. The molecule has 0 spiro atoms. The predicted molar refractivity (Wildman–Crippen MR) is 108 cm³/mol. The first kappa shape index (κ1) is 18.5. The number of nitrogens with one attached hydrogen (secondary N) is 1. The fourth-order valence-electron chi connectivity index (χ4n) is 2.43. The summed E-state index contributed by atoms with van der Waals surface area (Å²) < 4.78 is 16.2. The normalized spacial score (nSPS) is 12.2. The number of halogens is 1. The summed E-state index contributed by atoms with van der Waals surface area (Å²) in [6, 6.07) is 14.5. The molecule has 0 fully saturated rings. The van der Waals surface area contributed by atoms with Gasteiger partial charge in [0.1, 0.15) is 11.5 Å². The molecule has 3 rings (SSSR count). The summed E-state index contributed by atoms with van der Waals surface area (Å²) in [5.74, 6) is -0.344. The molecule has 27 heavy (non-hydrogen) atoms. The molecule has 0 radical (unpaired) electrons. The van der Waals surface area contributed by atoms with Crippen LogP contribution in [0.4, 0.5) is 9.70 Å². The Morgan fingerprint density at radius 1 is 1.26 bits per heavy atom. The minimum absolute atomic E-state index is 0.163. The van der Waals surface area contributed by atoms with Gasteiger partial charge in [-0.05, 0) is 48.9 Å². The molecule has 0 aliphatic carbocycles. The number of nitrogens with two attached hydrogens (primary N) is 1. The van der Waals surface area contributed by atoms with Crippen LogP contribution >= 0.6 is 12.3 Å². The van der Waals surface area contributed by atoms with E-state index in [2.05, 4.69) is 19.7 Å². The van der Waals surface area contributed by atoms with Crippen molar-refractivity contribution in [2.45, 2.75) is 6.92 Å². The number of fused-ring (bicyclic) bond motifs is 1. The van der Waals surface area contributed by atoms with E-state index in [1.165, 1.54) is 6.08 Å². The molecular weight excluding hydrogens is 365 g/mol. The zero-order valence-corrected chi connectivity index (χ0v) is 15.2. The lowest BCUT2D eigenvalue weighted by Gasteiger charge is -2.07. The maximum absolute atomic E-state index is 12.7. The van der Waals surface area contributed by atoms with Gasteiger partial charge in [-0.3, -0.25) is 4.79 Å². The Labute approximate surface area is 159 Å². The van der Waals surface area contributed by atoms with Crippen LogP contribution in [0.1, 0.15) is 11.1 Å². The topological polar surface area (TPSA) is 93.3 Å². The first-order valence-corrected chi connectivity index (χ1v) is 8.67. The summed E-state index contributed by atoms with van der Waals surface area (Å²) in [6.45, 7) is 1.93. The summed E-state index contributed by atoms with van der Waals surface area (Å²) in [5, 5.41) is 3.43. The smallest absolute Gasteiger partial charge is 0.276 e. The molecule has 1 amide bonds. The Balaban J connectivity index is 1.84. The van der Waals surface area contributed by atoms with Crippen LogP contribution in [0.3, 0.4) is 0 Å². The fourth-order valence-corrected chi connectivity index (χ4v) is 2.64. The molecule has 3 N–H and O–H groups in total. The molecule has 3 aromatic rings. The molecule has 0 bridgehead atoms. The van der Waals surface area contributed by atoms with Crippen LogP contribution in [-0.4, -0.2) is 21.6 Å². The lowest BCUT2D eigenvalue weighted by Crippen LogP contribution is -2.22. The van der Waals surface area contributed by atoms with E-state index < -0.39 is 5.91 Å². The van der Waals surface area contributed by atoms with Gasteiger partial charge in [0.15, 0.2) is 18.0 Å². The maximum atomic E-state index is 12.7. The summed E-state index contributed by atoms with van der Waals surface area (Å²) in [5.41, 5.74) is 8.40. The monoisotopic (exact) mass is 381 g/mol. The van der Waals surface area contributed by atoms with E-state index in [-0.39, 0.29) is 23.9 Å². The number of anilines is 1. The summed E-state index contributed by atoms with van der Waals surface area (Å²) in [6.07, 6.45) is 2.94. The van der Waals surface area contributed by atoms with Gasteiger partial charge in [0.25, 0.3) is 5.91 Å². The van der Waals surface area contributed by atoms with Gasteiger partial charge in [0.05, 0.1) is 0 Å². The van der Waals surface area contributed by atoms with Gasteiger partial charge >= 0.3 is 0 Å². The first-order valence-electron chi connectivity index (χ1n) is 8.00. The van der Waals surface area contributed by atoms with E-state index in [9.17, 15) is 8.68 Å². The lowest BCUT2D eigenvalue weighted by molar-refractivity contribution is -0.110. The molecule has 6 nitrogen and oxygen atoms in total. The Morgan fingerprint density at radius 3 is 2.89 bits per heavy atom. The lowest BCUT2D eigenvalue weighted by atomic mass is 10.1. The van der Waals surface area contributed by atoms with Crippen molar-refractivity contribution >= 4 is 46.5 Å². The summed E-state index contributed by atoms with van der Waals surface area (Å²) in [7, 11) is 0. The van der Waals surface area contributed by atoms with Crippen molar-refractivity contribution in [1.82, 2.24) is 9.97 Å². The standard InChI is InChI=1S/C19H16FN5OS/c1-12-4-2-5-14(10-12)15(21)11-16(25-27-20)19(26)24-17-8-7-13-6-3-9-22-18(13)23-17/h2-11H,21H2,1H3,(H,22,23,24,26)/b15-11-,25-16-. The number of aromatic nitrogens is 2. The second-order valence-corrected chi connectivity index (χ2v) is 6.04. The van der Waals surface area contributed by atoms with E-state index in [1.807, 2.05) is 31.2 Å². The zero-order chi connectivity index (χ0) is 19.2. The van der Waals surface area contributed by atoms with E-state index in [1.54, 1.807) is 30.5 Å². The van der Waals surface area contributed by atoms with E-state index in [4.69, 9.17) is 5.73 Å². The number of rotatable bonds is 5. The Bertz CT molecular complexity index is 1050. The van der Waals surface area contributed by atoms with E-state index in [0.717, 1.165) is 10.9 Å². The molecule has 0 saturated carbocycles. The molecule has 136 valence electrons. The van der Waals surface area contributed by atoms with Crippen molar-refractivity contribution in [3.8, 4) is 0 Å². The zero-order valence-electron chi connectivity index (χ0n) is 14.4. The highest BCUT2D eigenvalue weighted by molar-refractivity contribution is 7.93. The molecule has 2 heterocycles. The molecule has 2 aromatic heterocycles. The molecule has 8 heteroatoms. The Morgan fingerprint density at radius 2 is 2.11 bits per heavy atom. The average molecular weight is 381 g/mol.